The van der Waals surface area contributed by atoms with Crippen LogP contribution in [0.4, 0.5) is 0 Å². The van der Waals surface area contributed by atoms with E-state index in [9.17, 15) is 9.59 Å². The van der Waals surface area contributed by atoms with Gasteiger partial charge in [-0.2, -0.15) is 0 Å². The third-order valence-corrected chi connectivity index (χ3v) is 5.00. The van der Waals surface area contributed by atoms with Crippen LogP contribution >= 0.6 is 11.6 Å². The van der Waals surface area contributed by atoms with Crippen LogP contribution in [0.2, 0.25) is 0 Å². The largest absolute Gasteiger partial charge is 0.497 e. The number of hydrogen-bond donors (Lipinski definition) is 0. The van der Waals surface area contributed by atoms with Crippen molar-refractivity contribution in [3.05, 3.63) is 95.2 Å². The summed E-state index contributed by atoms with van der Waals surface area (Å²) >= 11 is 6.20. The number of rotatable bonds is 5. The molecule has 30 heavy (non-hydrogen) atoms. The van der Waals surface area contributed by atoms with Gasteiger partial charge in [0.1, 0.15) is 17.2 Å². The smallest absolute Gasteiger partial charge is 0.334 e. The Balaban J connectivity index is 1.50. The lowest BCUT2D eigenvalue weighted by Crippen LogP contribution is -2.14. The fraction of sp³-hybridized carbons (Fsp3) is 0.0833. The average molecular weight is 421 g/mol. The summed E-state index contributed by atoms with van der Waals surface area (Å²) in [6.45, 7) is 0. The standard InChI is InChI=1S/C24H17ClO5/c1-28-17-9-7-15(8-10-17)13-21-23(26)19-12-11-18(14-20(19)30-21)29-24(27)22(25)16-5-3-2-4-6-16/h2-14,22H,1H3/b21-13-. The molecule has 3 aromatic rings. The molecule has 0 spiro atoms. The van der Waals surface area contributed by atoms with Crippen LogP contribution in [0.5, 0.6) is 17.2 Å². The molecule has 1 heterocycles. The number of fused-ring (bicyclic) bond motifs is 1. The first-order valence-corrected chi connectivity index (χ1v) is 9.62. The van der Waals surface area contributed by atoms with Gasteiger partial charge in [-0.25, -0.2) is 4.79 Å². The van der Waals surface area contributed by atoms with Gasteiger partial charge in [-0.3, -0.25) is 4.79 Å². The number of esters is 1. The molecule has 1 atom stereocenters. The first-order chi connectivity index (χ1) is 14.5. The summed E-state index contributed by atoms with van der Waals surface area (Å²) in [5, 5.41) is -0.937. The van der Waals surface area contributed by atoms with E-state index in [1.807, 2.05) is 18.2 Å². The zero-order valence-electron chi connectivity index (χ0n) is 16.0. The van der Waals surface area contributed by atoms with Crippen molar-refractivity contribution in [2.75, 3.05) is 7.11 Å². The summed E-state index contributed by atoms with van der Waals surface area (Å²) < 4.78 is 16.2. The van der Waals surface area contributed by atoms with Crippen LogP contribution in [0, 0.1) is 0 Å². The number of halogens is 1. The molecule has 6 heteroatoms. The molecule has 0 saturated heterocycles. The number of carbonyl (C=O) groups excluding carboxylic acids is 2. The molecule has 1 aliphatic rings. The van der Waals surface area contributed by atoms with Crippen LogP contribution < -0.4 is 14.2 Å². The van der Waals surface area contributed by atoms with Crippen LogP contribution in [0.25, 0.3) is 6.08 Å². The van der Waals surface area contributed by atoms with Crippen LogP contribution in [0.15, 0.2) is 78.6 Å². The van der Waals surface area contributed by atoms with Gasteiger partial charge in [-0.1, -0.05) is 42.5 Å². The number of allylic oxidation sites excluding steroid dienone is 1. The second kappa shape index (κ2) is 8.43. The number of carbonyl (C=O) groups is 2. The third kappa shape index (κ3) is 4.07. The van der Waals surface area contributed by atoms with Gasteiger partial charge in [0.15, 0.2) is 11.1 Å². The lowest BCUT2D eigenvalue weighted by molar-refractivity contribution is -0.134. The fourth-order valence-corrected chi connectivity index (χ4v) is 3.20. The van der Waals surface area contributed by atoms with Crippen LogP contribution in [-0.4, -0.2) is 18.9 Å². The van der Waals surface area contributed by atoms with Crippen molar-refractivity contribution in [2.24, 2.45) is 0 Å². The van der Waals surface area contributed by atoms with Crippen molar-refractivity contribution in [3.8, 4) is 17.2 Å². The van der Waals surface area contributed by atoms with Crippen molar-refractivity contribution in [3.63, 3.8) is 0 Å². The van der Waals surface area contributed by atoms with Crippen molar-refractivity contribution in [2.45, 2.75) is 5.38 Å². The molecular weight excluding hydrogens is 404 g/mol. The summed E-state index contributed by atoms with van der Waals surface area (Å²) in [5.41, 5.74) is 1.84. The Hall–Kier alpha value is -3.57. The van der Waals surface area contributed by atoms with E-state index in [0.29, 0.717) is 16.9 Å². The Bertz CT molecular complexity index is 1120. The van der Waals surface area contributed by atoms with E-state index in [-0.39, 0.29) is 17.3 Å². The van der Waals surface area contributed by atoms with E-state index in [4.69, 9.17) is 25.8 Å². The minimum Gasteiger partial charge on any atom is -0.497 e. The van der Waals surface area contributed by atoms with E-state index in [1.54, 1.807) is 61.7 Å². The number of benzene rings is 3. The Morgan fingerprint density at radius 1 is 1.00 bits per heavy atom. The monoisotopic (exact) mass is 420 g/mol. The fourth-order valence-electron chi connectivity index (χ4n) is 3.01. The molecular formula is C24H17ClO5. The molecule has 0 amide bonds. The van der Waals surface area contributed by atoms with Gasteiger partial charge in [0.25, 0.3) is 0 Å². The summed E-state index contributed by atoms with van der Waals surface area (Å²) in [6.07, 6.45) is 1.65. The third-order valence-electron chi connectivity index (χ3n) is 4.57. The van der Waals surface area contributed by atoms with Crippen LogP contribution in [0.1, 0.15) is 26.9 Å². The topological polar surface area (TPSA) is 61.8 Å². The van der Waals surface area contributed by atoms with Gasteiger partial charge in [-0.15, -0.1) is 11.6 Å². The zero-order valence-corrected chi connectivity index (χ0v) is 16.8. The molecule has 0 radical (unpaired) electrons. The minimum absolute atomic E-state index is 0.193. The van der Waals surface area contributed by atoms with E-state index >= 15 is 0 Å². The first kappa shape index (κ1) is 19.7. The average Bonchev–Trinajstić information content (AvgIpc) is 3.08. The summed E-state index contributed by atoms with van der Waals surface area (Å²) in [5.74, 6) is 0.644. The molecule has 0 N–H and O–H groups in total. The maximum Gasteiger partial charge on any atom is 0.334 e. The Morgan fingerprint density at radius 2 is 1.70 bits per heavy atom. The van der Waals surface area contributed by atoms with E-state index in [0.717, 1.165) is 11.3 Å². The highest BCUT2D eigenvalue weighted by Gasteiger charge is 2.28. The predicted octanol–water partition coefficient (Wildman–Crippen LogP) is 5.20. The quantitative estimate of drug-likeness (QED) is 0.246. The number of Topliss-reactive ketones (excluding diaryl/α,β-unsaturated/α-hetero) is 1. The second-order valence-corrected chi connectivity index (χ2v) is 7.00. The highest BCUT2D eigenvalue weighted by molar-refractivity contribution is 6.30. The van der Waals surface area contributed by atoms with Gasteiger partial charge in [0.05, 0.1) is 12.7 Å². The molecule has 4 rings (SSSR count). The molecule has 5 nitrogen and oxygen atoms in total. The van der Waals surface area contributed by atoms with Crippen molar-refractivity contribution in [1.82, 2.24) is 0 Å². The van der Waals surface area contributed by atoms with Crippen molar-refractivity contribution in [1.29, 1.82) is 0 Å². The van der Waals surface area contributed by atoms with Gasteiger partial charge >= 0.3 is 5.97 Å². The highest BCUT2D eigenvalue weighted by Crippen LogP contribution is 2.35. The second-order valence-electron chi connectivity index (χ2n) is 6.57. The maximum atomic E-state index is 12.6. The summed E-state index contributed by atoms with van der Waals surface area (Å²) in [4.78, 5) is 25.0. The molecule has 1 aliphatic heterocycles. The Kier molecular flexibility index (Phi) is 5.55. The van der Waals surface area contributed by atoms with Crippen LogP contribution in [0.3, 0.4) is 0 Å². The summed E-state index contributed by atoms with van der Waals surface area (Å²) in [7, 11) is 1.59. The number of methoxy groups -OCH3 is 1. The number of ketones is 1. The maximum absolute atomic E-state index is 12.6. The van der Waals surface area contributed by atoms with Gasteiger partial charge in [-0.05, 0) is 41.5 Å². The first-order valence-electron chi connectivity index (χ1n) is 9.18. The number of hydrogen-bond acceptors (Lipinski definition) is 5. The normalized spacial score (nSPS) is 14.7. The Morgan fingerprint density at radius 3 is 2.40 bits per heavy atom. The molecule has 0 fully saturated rings. The minimum atomic E-state index is -0.937. The molecule has 150 valence electrons. The SMILES string of the molecule is COc1ccc(/C=C2\Oc3cc(OC(=O)C(Cl)c4ccccc4)ccc3C2=O)cc1. The van der Waals surface area contributed by atoms with Crippen molar-refractivity contribution >= 4 is 29.4 Å². The molecule has 3 aromatic carbocycles. The van der Waals surface area contributed by atoms with Gasteiger partial charge in [0.2, 0.25) is 5.78 Å². The molecule has 0 aromatic heterocycles. The molecule has 1 unspecified atom stereocenters. The zero-order chi connectivity index (χ0) is 21.1. The van der Waals surface area contributed by atoms with Crippen LogP contribution in [-0.2, 0) is 4.79 Å². The molecule has 0 bridgehead atoms. The lowest BCUT2D eigenvalue weighted by atomic mass is 10.1. The molecule has 0 saturated carbocycles. The van der Waals surface area contributed by atoms with Crippen molar-refractivity contribution < 1.29 is 23.8 Å². The van der Waals surface area contributed by atoms with E-state index in [1.165, 1.54) is 6.07 Å². The predicted molar refractivity (Wildman–Crippen MR) is 113 cm³/mol. The number of ether oxygens (including phenoxy) is 3. The van der Waals surface area contributed by atoms with E-state index in [2.05, 4.69) is 0 Å². The van der Waals surface area contributed by atoms with Gasteiger partial charge < -0.3 is 14.2 Å². The number of alkyl halides is 1. The van der Waals surface area contributed by atoms with Gasteiger partial charge in [0, 0.05) is 6.07 Å². The summed E-state index contributed by atoms with van der Waals surface area (Å²) in [6, 6.07) is 20.8. The lowest BCUT2D eigenvalue weighted by Gasteiger charge is -2.10. The Labute approximate surface area is 178 Å². The van der Waals surface area contributed by atoms with E-state index < -0.39 is 11.3 Å². The molecule has 0 aliphatic carbocycles. The highest BCUT2D eigenvalue weighted by atomic mass is 35.5.